The molecule has 8 heteroatoms. The zero-order valence-corrected chi connectivity index (χ0v) is 18.9. The summed E-state index contributed by atoms with van der Waals surface area (Å²) in [6.45, 7) is 9.54. The van der Waals surface area contributed by atoms with Crippen molar-refractivity contribution in [3.8, 4) is 0 Å². The van der Waals surface area contributed by atoms with Crippen molar-refractivity contribution in [2.75, 3.05) is 26.2 Å². The molecule has 0 radical (unpaired) electrons. The van der Waals surface area contributed by atoms with E-state index >= 15 is 0 Å². The second-order valence-electron chi connectivity index (χ2n) is 8.89. The van der Waals surface area contributed by atoms with Crippen molar-refractivity contribution in [1.82, 2.24) is 24.3 Å². The zero-order chi connectivity index (χ0) is 20.6. The number of hydrogen-bond donors (Lipinski definition) is 0. The lowest BCUT2D eigenvalue weighted by Gasteiger charge is -2.35. The second-order valence-corrected chi connectivity index (χ2v) is 9.81. The standard InChI is InChI=1S/C21H28BrN5O2/c1-20(2,3)29-19(28)26-10-8-25(9-11-26)14-17-13-23-15-27(17)21(6-7-21)18-5-4-16(22)12-24-18/h4-5,12-13,15H,6-11,14H2,1-3H3. The van der Waals surface area contributed by atoms with Gasteiger partial charge in [0.1, 0.15) is 5.60 Å². The minimum absolute atomic E-state index is 0.0646. The molecule has 1 aliphatic heterocycles. The van der Waals surface area contributed by atoms with E-state index in [9.17, 15) is 4.79 Å². The number of carbonyl (C=O) groups excluding carboxylic acids is 1. The highest BCUT2D eigenvalue weighted by atomic mass is 79.9. The Kier molecular flexibility index (Phi) is 5.42. The quantitative estimate of drug-likeness (QED) is 0.695. The molecule has 0 atom stereocenters. The third-order valence-corrected chi connectivity index (χ3v) is 5.98. The fraction of sp³-hybridized carbons (Fsp3) is 0.571. The van der Waals surface area contributed by atoms with Crippen molar-refractivity contribution < 1.29 is 9.53 Å². The minimum Gasteiger partial charge on any atom is -0.444 e. The summed E-state index contributed by atoms with van der Waals surface area (Å²) in [6, 6.07) is 4.15. The first kappa shape index (κ1) is 20.3. The lowest BCUT2D eigenvalue weighted by molar-refractivity contribution is 0.0137. The molecule has 156 valence electrons. The summed E-state index contributed by atoms with van der Waals surface area (Å²) in [5.41, 5.74) is 1.76. The average Bonchev–Trinajstić information content (AvgIpc) is 3.34. The fourth-order valence-corrected chi connectivity index (χ4v) is 4.09. The number of hydrogen-bond acceptors (Lipinski definition) is 5. The van der Waals surface area contributed by atoms with Crippen LogP contribution in [-0.4, -0.2) is 62.2 Å². The van der Waals surface area contributed by atoms with Gasteiger partial charge in [0.25, 0.3) is 0 Å². The third kappa shape index (κ3) is 4.48. The van der Waals surface area contributed by atoms with Crippen LogP contribution in [0.3, 0.4) is 0 Å². The van der Waals surface area contributed by atoms with Gasteiger partial charge in [-0.2, -0.15) is 0 Å². The number of ether oxygens (including phenoxy) is 1. The van der Waals surface area contributed by atoms with Crippen molar-refractivity contribution in [1.29, 1.82) is 0 Å². The Bertz CT molecular complexity index is 862. The molecule has 0 bridgehead atoms. The summed E-state index contributed by atoms with van der Waals surface area (Å²) in [5, 5.41) is 0. The number of rotatable bonds is 4. The van der Waals surface area contributed by atoms with Crippen LogP contribution in [0.4, 0.5) is 4.79 Å². The lowest BCUT2D eigenvalue weighted by atomic mass is 10.1. The Morgan fingerprint density at radius 1 is 1.17 bits per heavy atom. The Morgan fingerprint density at radius 3 is 2.48 bits per heavy atom. The van der Waals surface area contributed by atoms with Crippen LogP contribution in [-0.2, 0) is 16.8 Å². The topological polar surface area (TPSA) is 63.5 Å². The number of halogens is 1. The predicted molar refractivity (Wildman–Crippen MR) is 114 cm³/mol. The molecular formula is C21H28BrN5O2. The number of piperazine rings is 1. The number of pyridine rings is 1. The Morgan fingerprint density at radius 2 is 1.90 bits per heavy atom. The SMILES string of the molecule is CC(C)(C)OC(=O)N1CCN(Cc2cncn2C2(c3ccc(Br)cn3)CC2)CC1. The summed E-state index contributed by atoms with van der Waals surface area (Å²) >= 11 is 3.47. The Labute approximate surface area is 180 Å². The molecule has 2 aromatic rings. The van der Waals surface area contributed by atoms with Gasteiger partial charge in [0.05, 0.1) is 23.3 Å². The van der Waals surface area contributed by atoms with Gasteiger partial charge in [-0.3, -0.25) is 9.88 Å². The summed E-state index contributed by atoms with van der Waals surface area (Å²) in [5.74, 6) is 0. The van der Waals surface area contributed by atoms with Crippen LogP contribution in [0.15, 0.2) is 35.3 Å². The van der Waals surface area contributed by atoms with Crippen LogP contribution >= 0.6 is 15.9 Å². The van der Waals surface area contributed by atoms with E-state index in [1.807, 2.05) is 39.5 Å². The first-order valence-electron chi connectivity index (χ1n) is 10.1. The molecule has 0 N–H and O–H groups in total. The predicted octanol–water partition coefficient (Wildman–Crippen LogP) is 3.63. The van der Waals surface area contributed by atoms with Crippen molar-refractivity contribution in [3.63, 3.8) is 0 Å². The van der Waals surface area contributed by atoms with Crippen LogP contribution < -0.4 is 0 Å². The number of aromatic nitrogens is 3. The van der Waals surface area contributed by atoms with E-state index in [0.29, 0.717) is 13.1 Å². The fourth-order valence-electron chi connectivity index (χ4n) is 3.86. The molecule has 29 heavy (non-hydrogen) atoms. The van der Waals surface area contributed by atoms with Crippen LogP contribution in [0.5, 0.6) is 0 Å². The Hall–Kier alpha value is -1.93. The molecular weight excluding hydrogens is 434 g/mol. The summed E-state index contributed by atoms with van der Waals surface area (Å²) in [6.07, 6.45) is 7.69. The largest absolute Gasteiger partial charge is 0.444 e. The van der Waals surface area contributed by atoms with E-state index in [0.717, 1.165) is 42.6 Å². The van der Waals surface area contributed by atoms with Gasteiger partial charge in [-0.15, -0.1) is 0 Å². The van der Waals surface area contributed by atoms with Crippen LogP contribution in [0, 0.1) is 0 Å². The lowest BCUT2D eigenvalue weighted by Crippen LogP contribution is -2.49. The molecule has 1 saturated heterocycles. The minimum atomic E-state index is -0.458. The van der Waals surface area contributed by atoms with Crippen molar-refractivity contribution in [2.24, 2.45) is 0 Å². The normalized spacial score (nSPS) is 19.2. The summed E-state index contributed by atoms with van der Waals surface area (Å²) in [7, 11) is 0. The third-order valence-electron chi connectivity index (χ3n) is 5.51. The molecule has 0 aromatic carbocycles. The zero-order valence-electron chi connectivity index (χ0n) is 17.3. The molecule has 0 unspecified atom stereocenters. The van der Waals surface area contributed by atoms with E-state index in [1.54, 1.807) is 4.90 Å². The number of amides is 1. The molecule has 2 aliphatic rings. The van der Waals surface area contributed by atoms with Gasteiger partial charge >= 0.3 is 6.09 Å². The van der Waals surface area contributed by atoms with Crippen molar-refractivity contribution >= 4 is 22.0 Å². The van der Waals surface area contributed by atoms with Gasteiger partial charge in [-0.25, -0.2) is 9.78 Å². The molecule has 1 saturated carbocycles. The van der Waals surface area contributed by atoms with Crippen LogP contribution in [0.1, 0.15) is 45.0 Å². The first-order valence-corrected chi connectivity index (χ1v) is 10.9. The van der Waals surface area contributed by atoms with E-state index in [1.165, 1.54) is 5.69 Å². The van der Waals surface area contributed by atoms with E-state index < -0.39 is 5.60 Å². The molecule has 3 heterocycles. The van der Waals surface area contributed by atoms with Gasteiger partial charge in [0.2, 0.25) is 0 Å². The Balaban J connectivity index is 1.40. The van der Waals surface area contributed by atoms with E-state index in [2.05, 4.69) is 47.5 Å². The average molecular weight is 462 g/mol. The summed E-state index contributed by atoms with van der Waals surface area (Å²) < 4.78 is 8.78. The molecule has 1 aliphatic carbocycles. The van der Waals surface area contributed by atoms with Gasteiger partial charge in [-0.05, 0) is 61.7 Å². The van der Waals surface area contributed by atoms with E-state index in [4.69, 9.17) is 4.74 Å². The molecule has 4 rings (SSSR count). The highest BCUT2D eigenvalue weighted by molar-refractivity contribution is 9.10. The van der Waals surface area contributed by atoms with Gasteiger partial charge < -0.3 is 14.2 Å². The summed E-state index contributed by atoms with van der Waals surface area (Å²) in [4.78, 5) is 25.5. The number of carbonyl (C=O) groups is 1. The van der Waals surface area contributed by atoms with Crippen LogP contribution in [0.2, 0.25) is 0 Å². The van der Waals surface area contributed by atoms with Gasteiger partial charge in [-0.1, -0.05) is 0 Å². The van der Waals surface area contributed by atoms with Crippen LogP contribution in [0.25, 0.3) is 0 Å². The van der Waals surface area contributed by atoms with Crippen molar-refractivity contribution in [3.05, 3.63) is 46.7 Å². The highest BCUT2D eigenvalue weighted by Gasteiger charge is 2.48. The van der Waals surface area contributed by atoms with E-state index in [-0.39, 0.29) is 11.6 Å². The molecule has 7 nitrogen and oxygen atoms in total. The number of imidazole rings is 1. The maximum atomic E-state index is 12.3. The highest BCUT2D eigenvalue weighted by Crippen LogP contribution is 2.49. The smallest absolute Gasteiger partial charge is 0.410 e. The maximum absolute atomic E-state index is 12.3. The molecule has 2 fully saturated rings. The van der Waals surface area contributed by atoms with Crippen molar-refractivity contribution in [2.45, 2.75) is 51.3 Å². The molecule has 1 amide bonds. The van der Waals surface area contributed by atoms with Gasteiger partial charge in [0, 0.05) is 49.6 Å². The molecule has 0 spiro atoms. The van der Waals surface area contributed by atoms with Gasteiger partial charge in [0.15, 0.2) is 0 Å². The monoisotopic (exact) mass is 461 g/mol. The number of nitrogens with zero attached hydrogens (tertiary/aromatic N) is 5. The second kappa shape index (κ2) is 7.72. The molecule has 2 aromatic heterocycles. The maximum Gasteiger partial charge on any atom is 0.410 e. The first-order chi connectivity index (χ1) is 13.8.